The molecule has 1 aliphatic carbocycles. The topological polar surface area (TPSA) is 20.2 Å². The molecule has 0 amide bonds. The van der Waals surface area contributed by atoms with E-state index in [1.807, 2.05) is 6.92 Å². The van der Waals surface area contributed by atoms with Crippen molar-refractivity contribution < 1.29 is 5.11 Å². The Morgan fingerprint density at radius 2 is 2.12 bits per heavy atom. The summed E-state index contributed by atoms with van der Waals surface area (Å²) in [6.45, 7) is 12.4. The normalized spacial score (nSPS) is 24.1. The molecule has 0 saturated heterocycles. The van der Waals surface area contributed by atoms with Gasteiger partial charge in [-0.3, -0.25) is 0 Å². The maximum atomic E-state index is 9.97. The Hall–Kier alpha value is -0.560. The lowest BCUT2D eigenvalue weighted by Gasteiger charge is -2.35. The molecular weight excluding hydrogens is 196 g/mol. The zero-order valence-corrected chi connectivity index (χ0v) is 11.3. The van der Waals surface area contributed by atoms with Gasteiger partial charge in [-0.15, -0.1) is 6.58 Å². The van der Waals surface area contributed by atoms with Crippen LogP contribution in [0.4, 0.5) is 0 Å². The fourth-order valence-electron chi connectivity index (χ4n) is 2.71. The van der Waals surface area contributed by atoms with E-state index in [2.05, 4.69) is 27.4 Å². The van der Waals surface area contributed by atoms with Crippen LogP contribution in [0.2, 0.25) is 0 Å². The zero-order chi connectivity index (χ0) is 12.4. The van der Waals surface area contributed by atoms with Crippen molar-refractivity contribution in [2.75, 3.05) is 0 Å². The molecule has 1 N–H and O–H groups in total. The number of rotatable bonds is 4. The van der Waals surface area contributed by atoms with Gasteiger partial charge in [-0.2, -0.15) is 0 Å². The smallest absolute Gasteiger partial charge is 0.0800 e. The molecule has 1 unspecified atom stereocenters. The lowest BCUT2D eigenvalue weighted by atomic mass is 9.70. The Balaban J connectivity index is 2.75. The summed E-state index contributed by atoms with van der Waals surface area (Å²) in [6.07, 6.45) is 7.24. The summed E-state index contributed by atoms with van der Waals surface area (Å²) in [5, 5.41) is 9.97. The van der Waals surface area contributed by atoms with Crippen LogP contribution in [0.1, 0.15) is 59.8 Å². The van der Waals surface area contributed by atoms with E-state index in [9.17, 15) is 5.11 Å². The van der Waals surface area contributed by atoms with Gasteiger partial charge in [0.15, 0.2) is 0 Å². The van der Waals surface area contributed by atoms with Crippen LogP contribution in [-0.2, 0) is 0 Å². The molecule has 1 nitrogen and oxygen atoms in total. The molecule has 0 aromatic carbocycles. The van der Waals surface area contributed by atoms with Gasteiger partial charge in [0, 0.05) is 0 Å². The van der Waals surface area contributed by atoms with E-state index in [0.29, 0.717) is 5.41 Å². The Labute approximate surface area is 100 Å². The van der Waals surface area contributed by atoms with E-state index >= 15 is 0 Å². The maximum absolute atomic E-state index is 9.97. The van der Waals surface area contributed by atoms with E-state index in [-0.39, 0.29) is 0 Å². The predicted octanol–water partition coefficient (Wildman–Crippen LogP) is 4.23. The second-order valence-corrected chi connectivity index (χ2v) is 6.06. The fraction of sp³-hybridized carbons (Fsp3) is 0.733. The lowest BCUT2D eigenvalue weighted by Crippen LogP contribution is -2.25. The van der Waals surface area contributed by atoms with E-state index in [1.165, 1.54) is 24.8 Å². The molecule has 0 aromatic rings. The molecule has 1 atom stereocenters. The van der Waals surface area contributed by atoms with Crippen LogP contribution >= 0.6 is 0 Å². The Morgan fingerprint density at radius 3 is 2.62 bits per heavy atom. The van der Waals surface area contributed by atoms with E-state index in [4.69, 9.17) is 0 Å². The van der Waals surface area contributed by atoms with Gasteiger partial charge in [-0.1, -0.05) is 31.1 Å². The highest BCUT2D eigenvalue weighted by Crippen LogP contribution is 2.42. The minimum absolute atomic E-state index is 0.319. The SMILES string of the molecule is C=CC(C)(O)CCC1=C(C)CCCC1(C)C. The van der Waals surface area contributed by atoms with Gasteiger partial charge in [-0.25, -0.2) is 0 Å². The lowest BCUT2D eigenvalue weighted by molar-refractivity contribution is 0.100. The average Bonchev–Trinajstić information content (AvgIpc) is 2.16. The summed E-state index contributed by atoms with van der Waals surface area (Å²) in [4.78, 5) is 0. The van der Waals surface area contributed by atoms with Gasteiger partial charge < -0.3 is 5.11 Å². The molecule has 0 aromatic heterocycles. The van der Waals surface area contributed by atoms with Crippen molar-refractivity contribution in [2.45, 2.75) is 65.4 Å². The van der Waals surface area contributed by atoms with Crippen LogP contribution < -0.4 is 0 Å². The number of hydrogen-bond donors (Lipinski definition) is 1. The van der Waals surface area contributed by atoms with E-state index in [1.54, 1.807) is 11.6 Å². The van der Waals surface area contributed by atoms with Crippen LogP contribution in [0.3, 0.4) is 0 Å². The van der Waals surface area contributed by atoms with Crippen LogP contribution in [0, 0.1) is 5.41 Å². The minimum atomic E-state index is -0.721. The highest BCUT2D eigenvalue weighted by atomic mass is 16.3. The Bertz CT molecular complexity index is 295. The van der Waals surface area contributed by atoms with Crippen LogP contribution in [0.25, 0.3) is 0 Å². The first kappa shape index (κ1) is 13.5. The van der Waals surface area contributed by atoms with Crippen molar-refractivity contribution in [3.05, 3.63) is 23.8 Å². The minimum Gasteiger partial charge on any atom is -0.386 e. The third-order valence-corrected chi connectivity index (χ3v) is 4.01. The third-order valence-electron chi connectivity index (χ3n) is 4.01. The largest absolute Gasteiger partial charge is 0.386 e. The van der Waals surface area contributed by atoms with Gasteiger partial charge in [0.25, 0.3) is 0 Å². The molecule has 0 radical (unpaired) electrons. The van der Waals surface area contributed by atoms with Gasteiger partial charge in [0.05, 0.1) is 5.60 Å². The summed E-state index contributed by atoms with van der Waals surface area (Å²) in [5.41, 5.74) is 2.69. The van der Waals surface area contributed by atoms with Gasteiger partial charge in [-0.05, 0) is 51.4 Å². The first-order chi connectivity index (χ1) is 7.28. The van der Waals surface area contributed by atoms with Crippen molar-refractivity contribution in [1.82, 2.24) is 0 Å². The summed E-state index contributed by atoms with van der Waals surface area (Å²) < 4.78 is 0. The second kappa shape index (κ2) is 4.75. The molecule has 0 spiro atoms. The second-order valence-electron chi connectivity index (χ2n) is 6.06. The van der Waals surface area contributed by atoms with E-state index in [0.717, 1.165) is 12.8 Å². The number of allylic oxidation sites excluding steroid dienone is 2. The van der Waals surface area contributed by atoms with Crippen LogP contribution in [0.5, 0.6) is 0 Å². The highest BCUT2D eigenvalue weighted by molar-refractivity contribution is 5.23. The summed E-state index contributed by atoms with van der Waals surface area (Å²) in [6, 6.07) is 0. The monoisotopic (exact) mass is 222 g/mol. The molecular formula is C15H26O. The summed E-state index contributed by atoms with van der Waals surface area (Å²) in [5.74, 6) is 0. The Morgan fingerprint density at radius 1 is 1.50 bits per heavy atom. The maximum Gasteiger partial charge on any atom is 0.0800 e. The average molecular weight is 222 g/mol. The standard InChI is InChI=1S/C15H26O/c1-6-15(5,16)11-9-13-12(2)8-7-10-14(13,3)4/h6,16H,1,7-11H2,2-5H3. The van der Waals surface area contributed by atoms with Gasteiger partial charge in [0.1, 0.15) is 0 Å². The van der Waals surface area contributed by atoms with Gasteiger partial charge >= 0.3 is 0 Å². The molecule has 92 valence electrons. The quantitative estimate of drug-likeness (QED) is 0.706. The van der Waals surface area contributed by atoms with Crippen molar-refractivity contribution >= 4 is 0 Å². The molecule has 0 fully saturated rings. The molecule has 1 heteroatoms. The predicted molar refractivity (Wildman–Crippen MR) is 70.4 cm³/mol. The molecule has 0 aliphatic heterocycles. The number of aliphatic hydroxyl groups is 1. The fourth-order valence-corrected chi connectivity index (χ4v) is 2.71. The molecule has 1 rings (SSSR count). The summed E-state index contributed by atoms with van der Waals surface area (Å²) >= 11 is 0. The number of hydrogen-bond acceptors (Lipinski definition) is 1. The van der Waals surface area contributed by atoms with Crippen molar-refractivity contribution in [3.8, 4) is 0 Å². The first-order valence-corrected chi connectivity index (χ1v) is 6.33. The first-order valence-electron chi connectivity index (χ1n) is 6.33. The molecule has 0 bridgehead atoms. The highest BCUT2D eigenvalue weighted by Gasteiger charge is 2.29. The zero-order valence-electron chi connectivity index (χ0n) is 11.3. The Kier molecular flexibility index (Phi) is 4.01. The molecule has 16 heavy (non-hydrogen) atoms. The molecule has 0 saturated carbocycles. The molecule has 0 heterocycles. The van der Waals surface area contributed by atoms with Crippen molar-refractivity contribution in [1.29, 1.82) is 0 Å². The van der Waals surface area contributed by atoms with Crippen molar-refractivity contribution in [2.24, 2.45) is 5.41 Å². The van der Waals surface area contributed by atoms with Crippen LogP contribution in [0.15, 0.2) is 23.8 Å². The van der Waals surface area contributed by atoms with E-state index < -0.39 is 5.60 Å². The molecule has 1 aliphatic rings. The summed E-state index contributed by atoms with van der Waals surface area (Å²) in [7, 11) is 0. The van der Waals surface area contributed by atoms with Gasteiger partial charge in [0.2, 0.25) is 0 Å². The third kappa shape index (κ3) is 3.21. The van der Waals surface area contributed by atoms with Crippen LogP contribution in [-0.4, -0.2) is 10.7 Å². The van der Waals surface area contributed by atoms with Crippen molar-refractivity contribution in [3.63, 3.8) is 0 Å².